The number of piperidine rings is 1. The molecule has 2 fully saturated rings. The molecule has 160 valence electrons. The number of amides is 2. The van der Waals surface area contributed by atoms with E-state index >= 15 is 0 Å². The Bertz CT molecular complexity index is 816. The van der Waals surface area contributed by atoms with Crippen molar-refractivity contribution in [3.63, 3.8) is 0 Å². The molecule has 2 amide bonds. The summed E-state index contributed by atoms with van der Waals surface area (Å²) in [4.78, 5) is 17.5. The van der Waals surface area contributed by atoms with Crippen molar-refractivity contribution < 1.29 is 9.18 Å². The van der Waals surface area contributed by atoms with E-state index in [1.165, 1.54) is 37.0 Å². The number of urea groups is 1. The van der Waals surface area contributed by atoms with Crippen molar-refractivity contribution in [2.24, 2.45) is 5.92 Å². The van der Waals surface area contributed by atoms with Gasteiger partial charge in [-0.3, -0.25) is 0 Å². The van der Waals surface area contributed by atoms with Crippen LogP contribution in [0, 0.1) is 11.7 Å². The molecule has 0 aromatic heterocycles. The van der Waals surface area contributed by atoms with Crippen LogP contribution in [0.15, 0.2) is 54.6 Å². The van der Waals surface area contributed by atoms with E-state index in [9.17, 15) is 9.18 Å². The molecular weight excluding hydrogens is 377 g/mol. The summed E-state index contributed by atoms with van der Waals surface area (Å²) in [6.45, 7) is 4.00. The van der Waals surface area contributed by atoms with Crippen molar-refractivity contribution in [3.8, 4) is 0 Å². The molecule has 1 N–H and O–H groups in total. The van der Waals surface area contributed by atoms with Gasteiger partial charge in [0.15, 0.2) is 0 Å². The first kappa shape index (κ1) is 20.9. The number of benzene rings is 2. The lowest BCUT2D eigenvalue weighted by molar-refractivity contribution is 0.123. The van der Waals surface area contributed by atoms with Gasteiger partial charge in [0.2, 0.25) is 0 Å². The van der Waals surface area contributed by atoms with E-state index in [-0.39, 0.29) is 17.9 Å². The van der Waals surface area contributed by atoms with Crippen LogP contribution in [0.25, 0.3) is 0 Å². The van der Waals surface area contributed by atoms with Crippen LogP contribution in [0.2, 0.25) is 0 Å². The monoisotopic (exact) mass is 409 g/mol. The SMILES string of the molecule is O=C(Nc1cccc(F)c1)N(CC1CC1)C1CCN(CCCc2ccccc2)CC1. The van der Waals surface area contributed by atoms with Gasteiger partial charge < -0.3 is 15.1 Å². The molecule has 0 bridgehead atoms. The Hall–Kier alpha value is -2.40. The Morgan fingerprint density at radius 1 is 1.03 bits per heavy atom. The van der Waals surface area contributed by atoms with Crippen LogP contribution < -0.4 is 5.32 Å². The Morgan fingerprint density at radius 2 is 1.80 bits per heavy atom. The molecule has 1 saturated heterocycles. The summed E-state index contributed by atoms with van der Waals surface area (Å²) in [7, 11) is 0. The molecular formula is C25H32FN3O. The lowest BCUT2D eigenvalue weighted by Crippen LogP contribution is -2.49. The van der Waals surface area contributed by atoms with Crippen LogP contribution in [0.4, 0.5) is 14.9 Å². The van der Waals surface area contributed by atoms with Crippen molar-refractivity contribution in [2.45, 2.75) is 44.6 Å². The fourth-order valence-electron chi connectivity index (χ4n) is 4.34. The molecule has 0 atom stereocenters. The van der Waals surface area contributed by atoms with Gasteiger partial charge in [-0.05, 0) is 74.8 Å². The Balaban J connectivity index is 1.27. The standard InChI is InChI=1S/C25H32FN3O/c26-22-9-4-10-23(18-22)27-25(30)29(19-21-11-12-21)24-13-16-28(17-14-24)15-5-8-20-6-2-1-3-7-20/h1-4,6-7,9-10,18,21,24H,5,8,11-17,19H2,(H,27,30). The molecule has 1 heterocycles. The smallest absolute Gasteiger partial charge is 0.321 e. The Labute approximate surface area is 179 Å². The third-order valence-electron chi connectivity index (χ3n) is 6.27. The summed E-state index contributed by atoms with van der Waals surface area (Å²) < 4.78 is 13.5. The second-order valence-corrected chi connectivity index (χ2v) is 8.70. The number of nitrogens with zero attached hydrogens (tertiary/aromatic N) is 2. The summed E-state index contributed by atoms with van der Waals surface area (Å²) in [5, 5.41) is 2.91. The fraction of sp³-hybridized carbons (Fsp3) is 0.480. The second kappa shape index (κ2) is 10.1. The molecule has 1 saturated carbocycles. The van der Waals surface area contributed by atoms with E-state index in [0.717, 1.165) is 45.4 Å². The second-order valence-electron chi connectivity index (χ2n) is 8.70. The number of likely N-dealkylation sites (tertiary alicyclic amines) is 1. The van der Waals surface area contributed by atoms with Crippen LogP contribution in [-0.4, -0.2) is 48.1 Å². The van der Waals surface area contributed by atoms with Gasteiger partial charge in [0, 0.05) is 31.4 Å². The van der Waals surface area contributed by atoms with E-state index in [1.807, 2.05) is 4.90 Å². The quantitative estimate of drug-likeness (QED) is 0.653. The first-order valence-electron chi connectivity index (χ1n) is 11.3. The molecule has 4 rings (SSSR count). The zero-order valence-electron chi connectivity index (χ0n) is 17.6. The van der Waals surface area contributed by atoms with E-state index in [2.05, 4.69) is 40.5 Å². The zero-order valence-corrected chi connectivity index (χ0v) is 17.6. The van der Waals surface area contributed by atoms with Crippen LogP contribution in [0.5, 0.6) is 0 Å². The molecule has 0 spiro atoms. The van der Waals surface area contributed by atoms with Crippen molar-refractivity contribution in [3.05, 3.63) is 66.0 Å². The third kappa shape index (κ3) is 6.05. The molecule has 0 radical (unpaired) electrons. The van der Waals surface area contributed by atoms with E-state index in [0.29, 0.717) is 11.6 Å². The first-order chi connectivity index (χ1) is 14.7. The summed E-state index contributed by atoms with van der Waals surface area (Å²) >= 11 is 0. The molecule has 30 heavy (non-hydrogen) atoms. The highest BCUT2D eigenvalue weighted by Crippen LogP contribution is 2.32. The fourth-order valence-corrected chi connectivity index (χ4v) is 4.34. The zero-order chi connectivity index (χ0) is 20.8. The number of nitrogens with one attached hydrogen (secondary N) is 1. The van der Waals surface area contributed by atoms with Crippen LogP contribution >= 0.6 is 0 Å². The topological polar surface area (TPSA) is 35.6 Å². The minimum absolute atomic E-state index is 0.0879. The van der Waals surface area contributed by atoms with Gasteiger partial charge in [0.25, 0.3) is 0 Å². The van der Waals surface area contributed by atoms with E-state index in [4.69, 9.17) is 0 Å². The molecule has 1 aliphatic heterocycles. The molecule has 1 aliphatic carbocycles. The summed E-state index contributed by atoms with van der Waals surface area (Å²) in [6.07, 6.45) is 6.72. The van der Waals surface area contributed by atoms with Crippen molar-refractivity contribution in [2.75, 3.05) is 31.5 Å². The maximum absolute atomic E-state index is 13.5. The van der Waals surface area contributed by atoms with E-state index in [1.54, 1.807) is 12.1 Å². The summed E-state index contributed by atoms with van der Waals surface area (Å²) in [5.74, 6) is 0.303. The lowest BCUT2D eigenvalue weighted by atomic mass is 10.0. The van der Waals surface area contributed by atoms with Crippen molar-refractivity contribution in [1.29, 1.82) is 0 Å². The number of carbonyl (C=O) groups is 1. The van der Waals surface area contributed by atoms with Crippen molar-refractivity contribution >= 4 is 11.7 Å². The normalized spacial score (nSPS) is 17.6. The van der Waals surface area contributed by atoms with Gasteiger partial charge in [-0.1, -0.05) is 36.4 Å². The van der Waals surface area contributed by atoms with Gasteiger partial charge in [-0.25, -0.2) is 9.18 Å². The van der Waals surface area contributed by atoms with E-state index < -0.39 is 0 Å². The predicted octanol–water partition coefficient (Wildman–Crippen LogP) is 5.17. The average molecular weight is 410 g/mol. The molecule has 2 aromatic carbocycles. The number of hydrogen-bond donors (Lipinski definition) is 1. The minimum atomic E-state index is -0.328. The predicted molar refractivity (Wildman–Crippen MR) is 119 cm³/mol. The molecule has 5 heteroatoms. The largest absolute Gasteiger partial charge is 0.322 e. The van der Waals surface area contributed by atoms with Gasteiger partial charge in [-0.2, -0.15) is 0 Å². The number of halogens is 1. The highest BCUT2D eigenvalue weighted by atomic mass is 19.1. The van der Waals surface area contributed by atoms with Gasteiger partial charge >= 0.3 is 6.03 Å². The maximum Gasteiger partial charge on any atom is 0.322 e. The van der Waals surface area contributed by atoms with Gasteiger partial charge in [-0.15, -0.1) is 0 Å². The third-order valence-corrected chi connectivity index (χ3v) is 6.27. The van der Waals surface area contributed by atoms with Crippen LogP contribution in [0.1, 0.15) is 37.7 Å². The van der Waals surface area contributed by atoms with Gasteiger partial charge in [0.1, 0.15) is 5.82 Å². The van der Waals surface area contributed by atoms with Crippen LogP contribution in [0.3, 0.4) is 0 Å². The first-order valence-corrected chi connectivity index (χ1v) is 11.3. The summed E-state index contributed by atoms with van der Waals surface area (Å²) in [5.41, 5.74) is 1.93. The van der Waals surface area contributed by atoms with Gasteiger partial charge in [0.05, 0.1) is 0 Å². The Morgan fingerprint density at radius 3 is 2.50 bits per heavy atom. The maximum atomic E-state index is 13.5. The van der Waals surface area contributed by atoms with Crippen LogP contribution in [-0.2, 0) is 6.42 Å². The molecule has 2 aromatic rings. The number of hydrogen-bond acceptors (Lipinski definition) is 2. The van der Waals surface area contributed by atoms with Crippen molar-refractivity contribution in [1.82, 2.24) is 9.80 Å². The highest BCUT2D eigenvalue weighted by molar-refractivity contribution is 5.89. The molecule has 0 unspecified atom stereocenters. The number of rotatable bonds is 8. The molecule has 2 aliphatic rings. The Kier molecular flexibility index (Phi) is 7.00. The number of aryl methyl sites for hydroxylation is 1. The summed E-state index contributed by atoms with van der Waals surface area (Å²) in [6, 6.07) is 17.0. The number of anilines is 1. The lowest BCUT2D eigenvalue weighted by Gasteiger charge is -2.38. The highest BCUT2D eigenvalue weighted by Gasteiger charge is 2.33. The minimum Gasteiger partial charge on any atom is -0.321 e. The average Bonchev–Trinajstić information content (AvgIpc) is 3.58. The molecule has 4 nitrogen and oxygen atoms in total. The number of carbonyl (C=O) groups excluding carboxylic acids is 1.